The van der Waals surface area contributed by atoms with Gasteiger partial charge < -0.3 is 9.84 Å². The summed E-state index contributed by atoms with van der Waals surface area (Å²) in [5.41, 5.74) is 4.13. The van der Waals surface area contributed by atoms with Gasteiger partial charge in [-0.25, -0.2) is 5.43 Å². The lowest BCUT2D eigenvalue weighted by Gasteiger charge is -2.09. The number of rotatable bonds is 6. The van der Waals surface area contributed by atoms with Crippen LogP contribution in [0, 0.1) is 0 Å². The smallest absolute Gasteiger partial charge is 0.275 e. The number of allylic oxidation sites excluding steroid dienone is 1. The van der Waals surface area contributed by atoms with Gasteiger partial charge >= 0.3 is 0 Å². The monoisotopic (exact) mass is 360 g/mol. The van der Waals surface area contributed by atoms with Crippen LogP contribution >= 0.6 is 0 Å². The molecule has 0 saturated heterocycles. The molecule has 0 fully saturated rings. The molecule has 0 heterocycles. The van der Waals surface area contributed by atoms with Crippen LogP contribution in [0.25, 0.3) is 10.8 Å². The third-order valence-electron chi connectivity index (χ3n) is 4.20. The molecule has 0 aromatic heterocycles. The van der Waals surface area contributed by atoms with E-state index in [0.29, 0.717) is 23.3 Å². The highest BCUT2D eigenvalue weighted by Gasteiger charge is 2.13. The van der Waals surface area contributed by atoms with E-state index in [1.807, 2.05) is 42.5 Å². The van der Waals surface area contributed by atoms with Gasteiger partial charge in [0.15, 0.2) is 0 Å². The van der Waals surface area contributed by atoms with Crippen molar-refractivity contribution in [3.8, 4) is 11.5 Å². The molecule has 27 heavy (non-hydrogen) atoms. The molecule has 0 spiro atoms. The minimum atomic E-state index is -0.393. The van der Waals surface area contributed by atoms with Gasteiger partial charge in [-0.3, -0.25) is 4.79 Å². The van der Waals surface area contributed by atoms with Crippen LogP contribution in [0.4, 0.5) is 0 Å². The highest BCUT2D eigenvalue weighted by Crippen LogP contribution is 2.26. The Morgan fingerprint density at radius 1 is 1.19 bits per heavy atom. The van der Waals surface area contributed by atoms with Gasteiger partial charge in [-0.05, 0) is 41.0 Å². The highest BCUT2D eigenvalue weighted by molar-refractivity contribution is 6.02. The number of hydrazone groups is 1. The SMILES string of the molecule is C=CCc1cccc(/C=N/NC(=O)c2cc3ccccc3cc2OC)c1O. The van der Waals surface area contributed by atoms with Gasteiger partial charge in [0.05, 0.1) is 18.9 Å². The van der Waals surface area contributed by atoms with Crippen LogP contribution in [0.2, 0.25) is 0 Å². The van der Waals surface area contributed by atoms with Crippen molar-refractivity contribution in [3.63, 3.8) is 0 Å². The van der Waals surface area contributed by atoms with E-state index in [2.05, 4.69) is 17.1 Å². The molecule has 0 saturated carbocycles. The molecule has 3 aromatic rings. The molecule has 0 unspecified atom stereocenters. The van der Waals surface area contributed by atoms with E-state index in [0.717, 1.165) is 16.3 Å². The quantitative estimate of drug-likeness (QED) is 0.396. The first-order chi connectivity index (χ1) is 13.1. The molecule has 5 nitrogen and oxygen atoms in total. The van der Waals surface area contributed by atoms with Gasteiger partial charge in [0.1, 0.15) is 11.5 Å². The number of ether oxygens (including phenoxy) is 1. The van der Waals surface area contributed by atoms with Crippen LogP contribution in [0.15, 0.2) is 72.4 Å². The van der Waals surface area contributed by atoms with E-state index < -0.39 is 5.91 Å². The third-order valence-corrected chi connectivity index (χ3v) is 4.20. The van der Waals surface area contributed by atoms with Crippen LogP contribution in [0.3, 0.4) is 0 Å². The second-order valence-electron chi connectivity index (χ2n) is 5.95. The number of carbonyl (C=O) groups excluding carboxylic acids is 1. The predicted octanol–water partition coefficient (Wildman–Crippen LogP) is 4.05. The van der Waals surface area contributed by atoms with Gasteiger partial charge in [0.2, 0.25) is 0 Å². The summed E-state index contributed by atoms with van der Waals surface area (Å²) in [6.45, 7) is 3.67. The number of benzene rings is 3. The molecule has 3 aromatic carbocycles. The molecule has 0 bridgehead atoms. The number of amides is 1. The Balaban J connectivity index is 1.82. The zero-order valence-corrected chi connectivity index (χ0v) is 15.0. The molecule has 136 valence electrons. The van der Waals surface area contributed by atoms with Gasteiger partial charge in [0, 0.05) is 5.56 Å². The van der Waals surface area contributed by atoms with Gasteiger partial charge in [0.25, 0.3) is 5.91 Å². The summed E-state index contributed by atoms with van der Waals surface area (Å²) in [5.74, 6) is 0.200. The number of methoxy groups -OCH3 is 1. The molecule has 5 heteroatoms. The summed E-state index contributed by atoms with van der Waals surface area (Å²) < 4.78 is 5.34. The van der Waals surface area contributed by atoms with Crippen molar-refractivity contribution in [2.75, 3.05) is 7.11 Å². The van der Waals surface area contributed by atoms with Crippen LogP contribution < -0.4 is 10.2 Å². The Kier molecular flexibility index (Phi) is 5.52. The van der Waals surface area contributed by atoms with E-state index in [4.69, 9.17) is 4.74 Å². The highest BCUT2D eigenvalue weighted by atomic mass is 16.5. The topological polar surface area (TPSA) is 70.9 Å². The van der Waals surface area contributed by atoms with Crippen LogP contribution in [-0.2, 0) is 6.42 Å². The van der Waals surface area contributed by atoms with E-state index in [-0.39, 0.29) is 5.75 Å². The van der Waals surface area contributed by atoms with Crippen molar-refractivity contribution >= 4 is 22.9 Å². The van der Waals surface area contributed by atoms with E-state index in [1.165, 1.54) is 13.3 Å². The number of nitrogens with one attached hydrogen (secondary N) is 1. The van der Waals surface area contributed by atoms with Crippen molar-refractivity contribution in [2.24, 2.45) is 5.10 Å². The number of phenolic OH excluding ortho intramolecular Hbond substituents is 1. The number of fused-ring (bicyclic) bond motifs is 1. The third kappa shape index (κ3) is 3.98. The maximum atomic E-state index is 12.5. The molecular weight excluding hydrogens is 340 g/mol. The van der Waals surface area contributed by atoms with Crippen molar-refractivity contribution in [2.45, 2.75) is 6.42 Å². The number of nitrogens with zero attached hydrogens (tertiary/aromatic N) is 1. The summed E-state index contributed by atoms with van der Waals surface area (Å²) in [5, 5.41) is 16.1. The fourth-order valence-electron chi connectivity index (χ4n) is 2.82. The predicted molar refractivity (Wildman–Crippen MR) is 108 cm³/mol. The first kappa shape index (κ1) is 18.2. The molecule has 0 aliphatic carbocycles. The summed E-state index contributed by atoms with van der Waals surface area (Å²) in [6, 6.07) is 16.6. The first-order valence-corrected chi connectivity index (χ1v) is 8.46. The van der Waals surface area contributed by atoms with E-state index >= 15 is 0 Å². The van der Waals surface area contributed by atoms with Crippen molar-refractivity contribution in [1.82, 2.24) is 5.43 Å². The fourth-order valence-corrected chi connectivity index (χ4v) is 2.82. The minimum absolute atomic E-state index is 0.124. The number of phenols is 1. The summed E-state index contributed by atoms with van der Waals surface area (Å²) >= 11 is 0. The zero-order valence-electron chi connectivity index (χ0n) is 15.0. The molecule has 1 amide bonds. The van der Waals surface area contributed by atoms with E-state index in [9.17, 15) is 9.90 Å². The molecule has 0 radical (unpaired) electrons. The maximum Gasteiger partial charge on any atom is 0.275 e. The van der Waals surface area contributed by atoms with E-state index in [1.54, 1.807) is 18.2 Å². The first-order valence-electron chi connectivity index (χ1n) is 8.46. The lowest BCUT2D eigenvalue weighted by molar-refractivity contribution is 0.0952. The average molecular weight is 360 g/mol. The number of hydrogen-bond acceptors (Lipinski definition) is 4. The Labute approximate surface area is 157 Å². The fraction of sp³-hybridized carbons (Fsp3) is 0.0909. The standard InChI is InChI=1S/C22H20N2O3/c1-3-7-15-10-6-11-18(21(15)25)14-23-24-22(26)19-12-16-8-4-5-9-17(16)13-20(19)27-2/h3-6,8-14,25H,1,7H2,2H3,(H,24,26)/b23-14+. The van der Waals surface area contributed by atoms with Crippen molar-refractivity contribution < 1.29 is 14.6 Å². The lowest BCUT2D eigenvalue weighted by atomic mass is 10.1. The largest absolute Gasteiger partial charge is 0.507 e. The molecular formula is C22H20N2O3. The Morgan fingerprint density at radius 2 is 1.93 bits per heavy atom. The van der Waals surface area contributed by atoms with Gasteiger partial charge in [-0.2, -0.15) is 5.10 Å². The normalized spacial score (nSPS) is 10.9. The molecule has 0 atom stereocenters. The Hall–Kier alpha value is -3.60. The second-order valence-corrected chi connectivity index (χ2v) is 5.95. The summed E-state index contributed by atoms with van der Waals surface area (Å²) in [4.78, 5) is 12.5. The minimum Gasteiger partial charge on any atom is -0.507 e. The maximum absolute atomic E-state index is 12.5. The summed E-state index contributed by atoms with van der Waals surface area (Å²) in [6.07, 6.45) is 3.67. The van der Waals surface area contributed by atoms with Crippen molar-refractivity contribution in [3.05, 3.63) is 83.9 Å². The molecule has 0 aliphatic rings. The molecule has 2 N–H and O–H groups in total. The Bertz CT molecular complexity index is 1030. The van der Waals surface area contributed by atoms with Crippen LogP contribution in [0.5, 0.6) is 11.5 Å². The second kappa shape index (κ2) is 8.19. The van der Waals surface area contributed by atoms with Crippen LogP contribution in [-0.4, -0.2) is 24.3 Å². The summed E-state index contributed by atoms with van der Waals surface area (Å²) in [7, 11) is 1.52. The number of aromatic hydroxyl groups is 1. The molecule has 3 rings (SSSR count). The van der Waals surface area contributed by atoms with Crippen molar-refractivity contribution in [1.29, 1.82) is 0 Å². The average Bonchev–Trinajstić information content (AvgIpc) is 2.69. The number of para-hydroxylation sites is 1. The number of hydrogen-bond donors (Lipinski definition) is 2. The molecule has 0 aliphatic heterocycles. The van der Waals surface area contributed by atoms with Gasteiger partial charge in [-0.15, -0.1) is 6.58 Å². The number of carbonyl (C=O) groups is 1. The lowest BCUT2D eigenvalue weighted by Crippen LogP contribution is -2.18. The zero-order chi connectivity index (χ0) is 19.2. The van der Waals surface area contributed by atoms with Crippen LogP contribution in [0.1, 0.15) is 21.5 Å². The Morgan fingerprint density at radius 3 is 2.63 bits per heavy atom. The van der Waals surface area contributed by atoms with Gasteiger partial charge in [-0.1, -0.05) is 42.5 Å².